The van der Waals surface area contributed by atoms with Crippen molar-refractivity contribution in [3.63, 3.8) is 0 Å². The first kappa shape index (κ1) is 14.9. The van der Waals surface area contributed by atoms with Crippen LogP contribution in [0.1, 0.15) is 11.4 Å². The summed E-state index contributed by atoms with van der Waals surface area (Å²) in [7, 11) is 2.02. The van der Waals surface area contributed by atoms with Crippen LogP contribution < -0.4 is 4.90 Å². The van der Waals surface area contributed by atoms with E-state index < -0.39 is 0 Å². The zero-order chi connectivity index (χ0) is 15.5. The molecule has 3 rings (SSSR count). The van der Waals surface area contributed by atoms with Gasteiger partial charge in [0.25, 0.3) is 0 Å². The molecule has 0 aliphatic carbocycles. The van der Waals surface area contributed by atoms with Crippen molar-refractivity contribution >= 4 is 17.3 Å². The fourth-order valence-corrected chi connectivity index (χ4v) is 2.94. The molecule has 1 aromatic carbocycles. The van der Waals surface area contributed by atoms with Gasteiger partial charge in [-0.25, -0.2) is 4.98 Å². The first-order valence-corrected chi connectivity index (χ1v) is 7.68. The molecule has 0 bridgehead atoms. The lowest BCUT2D eigenvalue weighted by molar-refractivity contribution is 0.242. The first-order valence-electron chi connectivity index (χ1n) is 7.30. The molecule has 6 heteroatoms. The van der Waals surface area contributed by atoms with Crippen LogP contribution >= 0.6 is 11.6 Å². The van der Waals surface area contributed by atoms with E-state index in [2.05, 4.69) is 25.4 Å². The van der Waals surface area contributed by atoms with E-state index in [0.29, 0.717) is 10.6 Å². The Morgan fingerprint density at radius 2 is 2.05 bits per heavy atom. The molecule has 1 saturated heterocycles. The second-order valence-corrected chi connectivity index (χ2v) is 5.93. The van der Waals surface area contributed by atoms with Crippen LogP contribution in [0.5, 0.6) is 0 Å². The highest BCUT2D eigenvalue weighted by Gasteiger charge is 2.20. The first-order chi connectivity index (χ1) is 10.7. The zero-order valence-corrected chi connectivity index (χ0v) is 13.3. The maximum Gasteiger partial charge on any atom is 0.122 e. The molecule has 0 spiro atoms. The highest BCUT2D eigenvalue weighted by atomic mass is 35.5. The number of aromatic nitrogens is 2. The quantitative estimate of drug-likeness (QED) is 0.872. The van der Waals surface area contributed by atoms with Gasteiger partial charge in [0.15, 0.2) is 0 Å². The summed E-state index contributed by atoms with van der Waals surface area (Å²) in [6.07, 6.45) is 3.80. The van der Waals surface area contributed by atoms with Crippen LogP contribution in [0.3, 0.4) is 0 Å². The summed E-state index contributed by atoms with van der Waals surface area (Å²) in [5.41, 5.74) is 1.62. The molecule has 1 fully saturated rings. The van der Waals surface area contributed by atoms with E-state index in [1.165, 1.54) is 0 Å². The van der Waals surface area contributed by atoms with Gasteiger partial charge in [-0.2, -0.15) is 5.26 Å². The molecule has 0 N–H and O–H groups in total. The fraction of sp³-hybridized carbons (Fsp3) is 0.375. The number of piperazine rings is 1. The molecule has 0 saturated carbocycles. The minimum atomic E-state index is 0.605. The topological polar surface area (TPSA) is 48.1 Å². The van der Waals surface area contributed by atoms with Crippen molar-refractivity contribution in [3.05, 3.63) is 47.0 Å². The molecule has 2 heterocycles. The van der Waals surface area contributed by atoms with Gasteiger partial charge in [-0.15, -0.1) is 0 Å². The molecule has 0 amide bonds. The van der Waals surface area contributed by atoms with Crippen LogP contribution in [0.25, 0.3) is 0 Å². The minimum absolute atomic E-state index is 0.605. The predicted octanol–water partition coefficient (Wildman–Crippen LogP) is 2.27. The average molecular weight is 316 g/mol. The Morgan fingerprint density at radius 1 is 1.27 bits per heavy atom. The number of nitriles is 1. The van der Waals surface area contributed by atoms with Gasteiger partial charge >= 0.3 is 0 Å². The van der Waals surface area contributed by atoms with E-state index in [0.717, 1.165) is 44.2 Å². The van der Waals surface area contributed by atoms with Gasteiger partial charge in [-0.1, -0.05) is 11.6 Å². The number of imidazole rings is 1. The Balaban J connectivity index is 1.65. The Kier molecular flexibility index (Phi) is 4.32. The average Bonchev–Trinajstić information content (AvgIpc) is 2.93. The smallest absolute Gasteiger partial charge is 0.122 e. The Labute approximate surface area is 135 Å². The van der Waals surface area contributed by atoms with Gasteiger partial charge in [-0.05, 0) is 18.2 Å². The number of benzene rings is 1. The van der Waals surface area contributed by atoms with Gasteiger partial charge in [-0.3, -0.25) is 4.90 Å². The summed E-state index contributed by atoms with van der Waals surface area (Å²) in [5, 5.41) is 9.88. The molecule has 0 unspecified atom stereocenters. The van der Waals surface area contributed by atoms with Crippen molar-refractivity contribution < 1.29 is 0 Å². The lowest BCUT2D eigenvalue weighted by Crippen LogP contribution is -2.46. The molecule has 1 aromatic heterocycles. The molecule has 5 nitrogen and oxygen atoms in total. The summed E-state index contributed by atoms with van der Waals surface area (Å²) in [6, 6.07) is 7.75. The molecule has 1 aliphatic heterocycles. The SMILES string of the molecule is Cn1ccnc1CN1CCN(c2ccc(Cl)cc2C#N)CC1. The summed E-state index contributed by atoms with van der Waals surface area (Å²) in [6.45, 7) is 4.59. The van der Waals surface area contributed by atoms with Crippen LogP contribution in [-0.4, -0.2) is 40.6 Å². The summed E-state index contributed by atoms with van der Waals surface area (Å²) < 4.78 is 2.05. The summed E-state index contributed by atoms with van der Waals surface area (Å²) in [4.78, 5) is 9.02. The molecular weight excluding hydrogens is 298 g/mol. The lowest BCUT2D eigenvalue weighted by Gasteiger charge is -2.36. The second-order valence-electron chi connectivity index (χ2n) is 5.49. The molecule has 0 radical (unpaired) electrons. The lowest BCUT2D eigenvalue weighted by atomic mass is 10.1. The van der Waals surface area contributed by atoms with Crippen LogP contribution in [0.15, 0.2) is 30.6 Å². The van der Waals surface area contributed by atoms with Crippen LogP contribution in [0.2, 0.25) is 5.02 Å². The highest BCUT2D eigenvalue weighted by Crippen LogP contribution is 2.25. The fourth-order valence-electron chi connectivity index (χ4n) is 2.77. The third kappa shape index (κ3) is 3.08. The van der Waals surface area contributed by atoms with Crippen molar-refractivity contribution in [2.45, 2.75) is 6.54 Å². The van der Waals surface area contributed by atoms with E-state index in [9.17, 15) is 5.26 Å². The van der Waals surface area contributed by atoms with Crippen LogP contribution in [0.4, 0.5) is 5.69 Å². The van der Waals surface area contributed by atoms with Gasteiger partial charge in [0.2, 0.25) is 0 Å². The van der Waals surface area contributed by atoms with E-state index in [4.69, 9.17) is 11.6 Å². The van der Waals surface area contributed by atoms with Crippen LogP contribution in [-0.2, 0) is 13.6 Å². The van der Waals surface area contributed by atoms with Gasteiger partial charge < -0.3 is 9.47 Å². The number of hydrogen-bond donors (Lipinski definition) is 0. The number of halogens is 1. The van der Waals surface area contributed by atoms with Crippen molar-refractivity contribution in [2.75, 3.05) is 31.1 Å². The number of aryl methyl sites for hydroxylation is 1. The minimum Gasteiger partial charge on any atom is -0.368 e. The maximum atomic E-state index is 9.27. The second kappa shape index (κ2) is 6.39. The molecule has 114 valence electrons. The summed E-state index contributed by atoms with van der Waals surface area (Å²) in [5.74, 6) is 1.08. The zero-order valence-electron chi connectivity index (χ0n) is 12.5. The van der Waals surface area contributed by atoms with Crippen molar-refractivity contribution in [2.24, 2.45) is 7.05 Å². The van der Waals surface area contributed by atoms with E-state index in [1.807, 2.05) is 31.6 Å². The predicted molar refractivity (Wildman–Crippen MR) is 86.9 cm³/mol. The molecule has 22 heavy (non-hydrogen) atoms. The molecular formula is C16H18ClN5. The third-order valence-electron chi connectivity index (χ3n) is 4.08. The number of hydrogen-bond acceptors (Lipinski definition) is 4. The largest absolute Gasteiger partial charge is 0.368 e. The van der Waals surface area contributed by atoms with Crippen molar-refractivity contribution in [3.8, 4) is 6.07 Å². The maximum absolute atomic E-state index is 9.27. The normalized spacial score (nSPS) is 15.8. The van der Waals surface area contributed by atoms with Gasteiger partial charge in [0.1, 0.15) is 11.9 Å². The van der Waals surface area contributed by atoms with Gasteiger partial charge in [0, 0.05) is 50.6 Å². The molecule has 2 aromatic rings. The Bertz CT molecular complexity index is 695. The number of rotatable bonds is 3. The van der Waals surface area contributed by atoms with E-state index in [1.54, 1.807) is 6.07 Å². The number of anilines is 1. The van der Waals surface area contributed by atoms with Crippen molar-refractivity contribution in [1.29, 1.82) is 5.26 Å². The Hall–Kier alpha value is -2.03. The van der Waals surface area contributed by atoms with Crippen LogP contribution in [0, 0.1) is 11.3 Å². The molecule has 1 aliphatic rings. The van der Waals surface area contributed by atoms with E-state index >= 15 is 0 Å². The Morgan fingerprint density at radius 3 is 2.68 bits per heavy atom. The number of nitrogens with zero attached hydrogens (tertiary/aromatic N) is 5. The highest BCUT2D eigenvalue weighted by molar-refractivity contribution is 6.30. The molecule has 0 atom stereocenters. The third-order valence-corrected chi connectivity index (χ3v) is 4.31. The van der Waals surface area contributed by atoms with Crippen molar-refractivity contribution in [1.82, 2.24) is 14.5 Å². The summed E-state index contributed by atoms with van der Waals surface area (Å²) >= 11 is 5.96. The monoisotopic (exact) mass is 315 g/mol. The van der Waals surface area contributed by atoms with Gasteiger partial charge in [0.05, 0.1) is 17.8 Å². The van der Waals surface area contributed by atoms with E-state index in [-0.39, 0.29) is 0 Å². The standard InChI is InChI=1S/C16H18ClN5/c1-20-5-4-19-16(20)12-21-6-8-22(9-7-21)15-3-2-14(17)10-13(15)11-18/h2-5,10H,6-9,12H2,1H3.